The third-order valence-electron chi connectivity index (χ3n) is 2.91. The minimum atomic E-state index is -0.414. The standard InChI is InChI=1S/C13H26N2O2/c1-9(2)6-11(14)10-7-15(8-10)12(16)17-13(3,4)5/h9-11H,6-8,14H2,1-5H3. The highest BCUT2D eigenvalue weighted by Crippen LogP contribution is 2.24. The summed E-state index contributed by atoms with van der Waals surface area (Å²) >= 11 is 0. The van der Waals surface area contributed by atoms with Gasteiger partial charge in [0.2, 0.25) is 0 Å². The number of hydrogen-bond donors (Lipinski definition) is 1. The van der Waals surface area contributed by atoms with E-state index >= 15 is 0 Å². The van der Waals surface area contributed by atoms with Crippen LogP contribution in [0.25, 0.3) is 0 Å². The average Bonchev–Trinajstić information content (AvgIpc) is 1.94. The van der Waals surface area contributed by atoms with Crippen molar-refractivity contribution >= 4 is 6.09 Å². The summed E-state index contributed by atoms with van der Waals surface area (Å²) in [6, 6.07) is 0.202. The molecule has 0 aromatic carbocycles. The maximum absolute atomic E-state index is 11.7. The van der Waals surface area contributed by atoms with Gasteiger partial charge in [-0.3, -0.25) is 0 Å². The lowest BCUT2D eigenvalue weighted by Gasteiger charge is -2.42. The molecule has 0 saturated carbocycles. The van der Waals surface area contributed by atoms with Gasteiger partial charge in [-0.25, -0.2) is 4.79 Å². The fraction of sp³-hybridized carbons (Fsp3) is 0.923. The first-order chi connectivity index (χ1) is 7.69. The van der Waals surface area contributed by atoms with Crippen molar-refractivity contribution in [1.82, 2.24) is 4.90 Å². The fourth-order valence-corrected chi connectivity index (χ4v) is 2.00. The van der Waals surface area contributed by atoms with Gasteiger partial charge in [0.05, 0.1) is 0 Å². The number of ether oxygens (including phenoxy) is 1. The molecule has 1 aliphatic rings. The zero-order chi connectivity index (χ0) is 13.2. The molecule has 100 valence electrons. The summed E-state index contributed by atoms with van der Waals surface area (Å²) < 4.78 is 5.30. The summed E-state index contributed by atoms with van der Waals surface area (Å²) in [5, 5.41) is 0. The molecule has 0 aromatic rings. The molecule has 17 heavy (non-hydrogen) atoms. The highest BCUT2D eigenvalue weighted by atomic mass is 16.6. The van der Waals surface area contributed by atoms with Crippen molar-refractivity contribution in [3.8, 4) is 0 Å². The van der Waals surface area contributed by atoms with Crippen LogP contribution in [0.5, 0.6) is 0 Å². The quantitative estimate of drug-likeness (QED) is 0.825. The molecule has 2 N–H and O–H groups in total. The first-order valence-electron chi connectivity index (χ1n) is 6.42. The zero-order valence-corrected chi connectivity index (χ0v) is 11.7. The molecule has 1 heterocycles. The van der Waals surface area contributed by atoms with Crippen molar-refractivity contribution in [2.24, 2.45) is 17.6 Å². The maximum atomic E-state index is 11.7. The summed E-state index contributed by atoms with van der Waals surface area (Å²) in [6.45, 7) is 11.5. The minimum absolute atomic E-state index is 0.202. The highest BCUT2D eigenvalue weighted by Gasteiger charge is 2.36. The number of carbonyl (C=O) groups excluding carboxylic acids is 1. The van der Waals surface area contributed by atoms with Gasteiger partial charge >= 0.3 is 6.09 Å². The van der Waals surface area contributed by atoms with Crippen LogP contribution in [0, 0.1) is 11.8 Å². The normalized spacial score (nSPS) is 19.1. The van der Waals surface area contributed by atoms with Gasteiger partial charge < -0.3 is 15.4 Å². The predicted molar refractivity (Wildman–Crippen MR) is 68.7 cm³/mol. The zero-order valence-electron chi connectivity index (χ0n) is 11.7. The summed E-state index contributed by atoms with van der Waals surface area (Å²) in [6.07, 6.45) is 0.804. The van der Waals surface area contributed by atoms with Crippen LogP contribution in [0.1, 0.15) is 41.0 Å². The average molecular weight is 242 g/mol. The molecule has 1 rings (SSSR count). The lowest BCUT2D eigenvalue weighted by atomic mass is 9.87. The van der Waals surface area contributed by atoms with Gasteiger partial charge in [-0.2, -0.15) is 0 Å². The van der Waals surface area contributed by atoms with E-state index in [0.717, 1.165) is 19.5 Å². The molecule has 0 aromatic heterocycles. The van der Waals surface area contributed by atoms with Gasteiger partial charge in [0.15, 0.2) is 0 Å². The van der Waals surface area contributed by atoms with E-state index < -0.39 is 5.60 Å². The van der Waals surface area contributed by atoms with Gasteiger partial charge in [-0.05, 0) is 33.1 Å². The van der Waals surface area contributed by atoms with Crippen molar-refractivity contribution in [1.29, 1.82) is 0 Å². The molecule has 1 amide bonds. The molecule has 1 aliphatic heterocycles. The third kappa shape index (κ3) is 4.54. The Labute approximate surface area is 104 Å². The summed E-state index contributed by atoms with van der Waals surface area (Å²) in [5.41, 5.74) is 5.68. The van der Waals surface area contributed by atoms with Gasteiger partial charge in [0.25, 0.3) is 0 Å². The molecular formula is C13H26N2O2. The number of rotatable bonds is 3. The molecule has 0 radical (unpaired) electrons. The highest BCUT2D eigenvalue weighted by molar-refractivity contribution is 5.69. The molecule has 1 atom stereocenters. The molecule has 4 nitrogen and oxygen atoms in total. The monoisotopic (exact) mass is 242 g/mol. The fourth-order valence-electron chi connectivity index (χ4n) is 2.00. The number of nitrogens with zero attached hydrogens (tertiary/aromatic N) is 1. The molecule has 4 heteroatoms. The van der Waals surface area contributed by atoms with Crippen molar-refractivity contribution in [3.05, 3.63) is 0 Å². The second-order valence-corrected chi connectivity index (χ2v) is 6.44. The molecule has 1 fully saturated rings. The van der Waals surface area contributed by atoms with Gasteiger partial charge in [0.1, 0.15) is 5.60 Å². The lowest BCUT2D eigenvalue weighted by molar-refractivity contribution is -0.00554. The first kappa shape index (κ1) is 14.3. The molecule has 0 aliphatic carbocycles. The Kier molecular flexibility index (Phi) is 4.42. The molecule has 1 unspecified atom stereocenters. The Balaban J connectivity index is 2.29. The Bertz CT molecular complexity index is 265. The number of amides is 1. The van der Waals surface area contributed by atoms with Crippen LogP contribution < -0.4 is 5.73 Å². The van der Waals surface area contributed by atoms with Crippen LogP contribution in [0.3, 0.4) is 0 Å². The van der Waals surface area contributed by atoms with E-state index in [1.165, 1.54) is 0 Å². The van der Waals surface area contributed by atoms with Crippen LogP contribution in [0.2, 0.25) is 0 Å². The Hall–Kier alpha value is -0.770. The summed E-state index contributed by atoms with van der Waals surface area (Å²) in [7, 11) is 0. The van der Waals surface area contributed by atoms with Crippen LogP contribution in [-0.4, -0.2) is 35.7 Å². The van der Waals surface area contributed by atoms with E-state index in [4.69, 9.17) is 10.5 Å². The number of hydrogen-bond acceptors (Lipinski definition) is 3. The second kappa shape index (κ2) is 5.25. The van der Waals surface area contributed by atoms with Crippen LogP contribution >= 0.6 is 0 Å². The minimum Gasteiger partial charge on any atom is -0.444 e. The van der Waals surface area contributed by atoms with Gasteiger partial charge in [-0.1, -0.05) is 13.8 Å². The van der Waals surface area contributed by atoms with E-state index in [1.807, 2.05) is 20.8 Å². The van der Waals surface area contributed by atoms with Crippen molar-refractivity contribution < 1.29 is 9.53 Å². The molecule has 1 saturated heterocycles. The third-order valence-corrected chi connectivity index (χ3v) is 2.91. The van der Waals surface area contributed by atoms with E-state index in [-0.39, 0.29) is 12.1 Å². The van der Waals surface area contributed by atoms with E-state index in [1.54, 1.807) is 4.90 Å². The summed E-state index contributed by atoms with van der Waals surface area (Å²) in [4.78, 5) is 13.4. The lowest BCUT2D eigenvalue weighted by Crippen LogP contribution is -2.57. The maximum Gasteiger partial charge on any atom is 0.410 e. The Morgan fingerprint density at radius 2 is 1.94 bits per heavy atom. The van der Waals surface area contributed by atoms with Crippen molar-refractivity contribution in [3.63, 3.8) is 0 Å². The van der Waals surface area contributed by atoms with Crippen LogP contribution in [0.4, 0.5) is 4.79 Å². The number of likely N-dealkylation sites (tertiary alicyclic amines) is 1. The largest absolute Gasteiger partial charge is 0.444 e. The van der Waals surface area contributed by atoms with Crippen LogP contribution in [-0.2, 0) is 4.74 Å². The van der Waals surface area contributed by atoms with E-state index in [0.29, 0.717) is 11.8 Å². The van der Waals surface area contributed by atoms with Gasteiger partial charge in [-0.15, -0.1) is 0 Å². The van der Waals surface area contributed by atoms with Crippen molar-refractivity contribution in [2.45, 2.75) is 52.7 Å². The molecule has 0 bridgehead atoms. The van der Waals surface area contributed by atoms with E-state index in [9.17, 15) is 4.79 Å². The number of nitrogens with two attached hydrogens (primary N) is 1. The predicted octanol–water partition coefficient (Wildman–Crippen LogP) is 2.23. The second-order valence-electron chi connectivity index (χ2n) is 6.44. The van der Waals surface area contributed by atoms with Crippen LogP contribution in [0.15, 0.2) is 0 Å². The van der Waals surface area contributed by atoms with Gasteiger partial charge in [0, 0.05) is 25.0 Å². The molecular weight excluding hydrogens is 216 g/mol. The SMILES string of the molecule is CC(C)CC(N)C1CN(C(=O)OC(C)(C)C)C1. The first-order valence-corrected chi connectivity index (χ1v) is 6.42. The number of carbonyl (C=O) groups is 1. The summed E-state index contributed by atoms with van der Waals surface area (Å²) in [5.74, 6) is 1.05. The van der Waals surface area contributed by atoms with E-state index in [2.05, 4.69) is 13.8 Å². The van der Waals surface area contributed by atoms with Crippen molar-refractivity contribution in [2.75, 3.05) is 13.1 Å². The topological polar surface area (TPSA) is 55.6 Å². The molecule has 0 spiro atoms. The smallest absolute Gasteiger partial charge is 0.410 e. The Morgan fingerprint density at radius 3 is 2.35 bits per heavy atom. The Morgan fingerprint density at radius 1 is 1.41 bits per heavy atom.